The van der Waals surface area contributed by atoms with Gasteiger partial charge in [-0.2, -0.15) is 0 Å². The highest BCUT2D eigenvalue weighted by Gasteiger charge is 2.34. The SMILES string of the molecule is CC1(C)CN(c2ccccc2Br)CCC1O. The van der Waals surface area contributed by atoms with Crippen LogP contribution in [0.5, 0.6) is 0 Å². The van der Waals surface area contributed by atoms with Gasteiger partial charge in [0.25, 0.3) is 0 Å². The molecule has 0 saturated carbocycles. The molecule has 16 heavy (non-hydrogen) atoms. The maximum Gasteiger partial charge on any atom is 0.0624 e. The lowest BCUT2D eigenvalue weighted by Gasteiger charge is -2.43. The molecule has 1 aromatic carbocycles. The molecular weight excluding hydrogens is 266 g/mol. The quantitative estimate of drug-likeness (QED) is 0.856. The number of anilines is 1. The Morgan fingerprint density at radius 1 is 1.38 bits per heavy atom. The van der Waals surface area contributed by atoms with Crippen LogP contribution in [0, 0.1) is 5.41 Å². The summed E-state index contributed by atoms with van der Waals surface area (Å²) in [6.45, 7) is 6.07. The van der Waals surface area contributed by atoms with Crippen LogP contribution >= 0.6 is 15.9 Å². The lowest BCUT2D eigenvalue weighted by atomic mass is 9.81. The van der Waals surface area contributed by atoms with Crippen molar-refractivity contribution in [2.45, 2.75) is 26.4 Å². The van der Waals surface area contributed by atoms with Gasteiger partial charge in [0.1, 0.15) is 0 Å². The molecule has 2 nitrogen and oxygen atoms in total. The predicted octanol–water partition coefficient (Wildman–Crippen LogP) is 3.05. The maximum atomic E-state index is 9.93. The zero-order chi connectivity index (χ0) is 11.8. The predicted molar refractivity (Wildman–Crippen MR) is 70.8 cm³/mol. The monoisotopic (exact) mass is 283 g/mol. The van der Waals surface area contributed by atoms with E-state index in [2.05, 4.69) is 52.9 Å². The van der Waals surface area contributed by atoms with Crippen LogP contribution in [0.1, 0.15) is 20.3 Å². The van der Waals surface area contributed by atoms with Gasteiger partial charge in [-0.25, -0.2) is 0 Å². The molecule has 0 spiro atoms. The van der Waals surface area contributed by atoms with Crippen LogP contribution in [0.25, 0.3) is 0 Å². The molecule has 1 aromatic rings. The zero-order valence-electron chi connectivity index (χ0n) is 9.78. The van der Waals surface area contributed by atoms with Crippen molar-refractivity contribution < 1.29 is 5.11 Å². The summed E-state index contributed by atoms with van der Waals surface area (Å²) in [5, 5.41) is 9.93. The van der Waals surface area contributed by atoms with Crippen LogP contribution in [0.4, 0.5) is 5.69 Å². The Morgan fingerprint density at radius 3 is 2.69 bits per heavy atom. The van der Waals surface area contributed by atoms with Gasteiger partial charge < -0.3 is 10.0 Å². The van der Waals surface area contributed by atoms with Crippen molar-refractivity contribution in [1.29, 1.82) is 0 Å². The molecule has 1 fully saturated rings. The van der Waals surface area contributed by atoms with Crippen molar-refractivity contribution in [3.63, 3.8) is 0 Å². The number of rotatable bonds is 1. The molecule has 3 heteroatoms. The highest BCUT2D eigenvalue weighted by molar-refractivity contribution is 9.10. The minimum absolute atomic E-state index is 0.0342. The molecule has 0 aliphatic carbocycles. The Balaban J connectivity index is 2.21. The van der Waals surface area contributed by atoms with Gasteiger partial charge in [0.2, 0.25) is 0 Å². The van der Waals surface area contributed by atoms with E-state index < -0.39 is 0 Å². The number of piperidine rings is 1. The molecule has 0 aromatic heterocycles. The molecule has 1 heterocycles. The average Bonchev–Trinajstić information content (AvgIpc) is 2.23. The van der Waals surface area contributed by atoms with Crippen LogP contribution < -0.4 is 4.90 Å². The lowest BCUT2D eigenvalue weighted by molar-refractivity contribution is 0.0336. The van der Waals surface area contributed by atoms with Crippen molar-refractivity contribution >= 4 is 21.6 Å². The largest absolute Gasteiger partial charge is 0.392 e. The molecule has 0 bridgehead atoms. The fourth-order valence-electron chi connectivity index (χ4n) is 2.26. The Morgan fingerprint density at radius 2 is 2.06 bits per heavy atom. The van der Waals surface area contributed by atoms with Crippen LogP contribution in [0.2, 0.25) is 0 Å². The third-order valence-corrected chi connectivity index (χ3v) is 4.04. The third-order valence-electron chi connectivity index (χ3n) is 3.37. The van der Waals surface area contributed by atoms with E-state index in [1.165, 1.54) is 5.69 Å². The normalized spacial score (nSPS) is 24.5. The first kappa shape index (κ1) is 11.9. The summed E-state index contributed by atoms with van der Waals surface area (Å²) in [5.41, 5.74) is 1.19. The number of aliphatic hydroxyl groups is 1. The Hall–Kier alpha value is -0.540. The molecular formula is C13H18BrNO. The molecule has 1 aliphatic heterocycles. The van der Waals surface area contributed by atoms with Crippen molar-refractivity contribution in [3.05, 3.63) is 28.7 Å². The highest BCUT2D eigenvalue weighted by Crippen LogP contribution is 2.34. The van der Waals surface area contributed by atoms with Crippen molar-refractivity contribution in [2.75, 3.05) is 18.0 Å². The first-order valence-corrected chi connectivity index (χ1v) is 6.47. The number of nitrogens with zero attached hydrogens (tertiary/aromatic N) is 1. The summed E-state index contributed by atoms with van der Waals surface area (Å²) in [6.07, 6.45) is 0.653. The van der Waals surface area contributed by atoms with Crippen LogP contribution in [0.3, 0.4) is 0 Å². The molecule has 2 rings (SSSR count). The van der Waals surface area contributed by atoms with E-state index >= 15 is 0 Å². The van der Waals surface area contributed by atoms with Gasteiger partial charge in [-0.1, -0.05) is 26.0 Å². The average molecular weight is 284 g/mol. The Bertz CT molecular complexity index is 378. The van der Waals surface area contributed by atoms with Gasteiger partial charge in [-0.3, -0.25) is 0 Å². The van der Waals surface area contributed by atoms with Gasteiger partial charge in [0.15, 0.2) is 0 Å². The molecule has 0 radical (unpaired) electrons. The summed E-state index contributed by atoms with van der Waals surface area (Å²) < 4.78 is 1.13. The molecule has 1 aliphatic rings. The van der Waals surface area contributed by atoms with Crippen molar-refractivity contribution in [2.24, 2.45) is 5.41 Å². The van der Waals surface area contributed by atoms with Crippen molar-refractivity contribution in [1.82, 2.24) is 0 Å². The maximum absolute atomic E-state index is 9.93. The molecule has 0 amide bonds. The Kier molecular flexibility index (Phi) is 3.27. The standard InChI is InChI=1S/C13H18BrNO/c1-13(2)9-15(8-7-12(13)16)11-6-4-3-5-10(11)14/h3-6,12,16H,7-9H2,1-2H3. The number of benzene rings is 1. The number of aliphatic hydroxyl groups excluding tert-OH is 1. The molecule has 1 saturated heterocycles. The molecule has 1 N–H and O–H groups in total. The number of hydrogen-bond acceptors (Lipinski definition) is 2. The Labute approximate surface area is 105 Å². The lowest BCUT2D eigenvalue weighted by Crippen LogP contribution is -2.48. The first-order chi connectivity index (χ1) is 7.50. The van der Waals surface area contributed by atoms with E-state index in [0.717, 1.165) is 24.0 Å². The summed E-state index contributed by atoms with van der Waals surface area (Å²) >= 11 is 3.58. The summed E-state index contributed by atoms with van der Waals surface area (Å²) in [6, 6.07) is 8.26. The number of halogens is 1. The van der Waals surface area contributed by atoms with E-state index in [4.69, 9.17) is 0 Å². The smallest absolute Gasteiger partial charge is 0.0624 e. The first-order valence-electron chi connectivity index (χ1n) is 5.68. The number of hydrogen-bond donors (Lipinski definition) is 1. The van der Waals surface area contributed by atoms with Gasteiger partial charge >= 0.3 is 0 Å². The van der Waals surface area contributed by atoms with Crippen LogP contribution in [-0.4, -0.2) is 24.3 Å². The summed E-state index contributed by atoms with van der Waals surface area (Å²) in [7, 11) is 0. The second-order valence-corrected chi connectivity index (χ2v) is 6.02. The number of para-hydroxylation sites is 1. The molecule has 1 atom stereocenters. The van der Waals surface area contributed by atoms with Gasteiger partial charge in [-0.05, 0) is 34.5 Å². The van der Waals surface area contributed by atoms with E-state index in [-0.39, 0.29) is 11.5 Å². The molecule has 88 valence electrons. The highest BCUT2D eigenvalue weighted by atomic mass is 79.9. The fraction of sp³-hybridized carbons (Fsp3) is 0.538. The van der Waals surface area contributed by atoms with Gasteiger partial charge in [0.05, 0.1) is 11.8 Å². The van der Waals surface area contributed by atoms with Crippen LogP contribution in [-0.2, 0) is 0 Å². The second kappa shape index (κ2) is 4.38. The third kappa shape index (κ3) is 2.25. The topological polar surface area (TPSA) is 23.5 Å². The van der Waals surface area contributed by atoms with Crippen LogP contribution in [0.15, 0.2) is 28.7 Å². The van der Waals surface area contributed by atoms with E-state index in [1.54, 1.807) is 0 Å². The summed E-state index contributed by atoms with van der Waals surface area (Å²) in [4.78, 5) is 2.34. The second-order valence-electron chi connectivity index (χ2n) is 5.17. The zero-order valence-corrected chi connectivity index (χ0v) is 11.4. The van der Waals surface area contributed by atoms with E-state index in [0.29, 0.717) is 0 Å². The fourth-order valence-corrected chi connectivity index (χ4v) is 2.79. The van der Waals surface area contributed by atoms with E-state index in [1.807, 2.05) is 6.07 Å². The van der Waals surface area contributed by atoms with Gasteiger partial charge in [-0.15, -0.1) is 0 Å². The minimum atomic E-state index is -0.189. The summed E-state index contributed by atoms with van der Waals surface area (Å²) in [5.74, 6) is 0. The molecule has 1 unspecified atom stereocenters. The van der Waals surface area contributed by atoms with E-state index in [9.17, 15) is 5.11 Å². The van der Waals surface area contributed by atoms with Gasteiger partial charge in [0, 0.05) is 23.0 Å². The minimum Gasteiger partial charge on any atom is -0.392 e. The van der Waals surface area contributed by atoms with Crippen molar-refractivity contribution in [3.8, 4) is 0 Å².